The van der Waals surface area contributed by atoms with Crippen LogP contribution in [-0.2, 0) is 12.8 Å². The van der Waals surface area contributed by atoms with Gasteiger partial charge in [-0.1, -0.05) is 48.5 Å². The molecule has 1 unspecified atom stereocenters. The van der Waals surface area contributed by atoms with Gasteiger partial charge in [0, 0.05) is 19.0 Å². The number of aliphatic imine (C=N–C) groups is 1. The first-order chi connectivity index (χ1) is 17.9. The number of hydrogen-bond donors (Lipinski definition) is 1. The second-order valence-electron chi connectivity index (χ2n) is 9.44. The van der Waals surface area contributed by atoms with Gasteiger partial charge < -0.3 is 9.64 Å². The first-order valence-electron chi connectivity index (χ1n) is 12.4. The Morgan fingerprint density at radius 1 is 0.946 bits per heavy atom. The third-order valence-corrected chi connectivity index (χ3v) is 7.15. The molecule has 2 aliphatic rings. The van der Waals surface area contributed by atoms with Crippen LogP contribution in [-0.4, -0.2) is 30.3 Å². The zero-order valence-electron chi connectivity index (χ0n) is 20.2. The Balaban J connectivity index is 1.43. The van der Waals surface area contributed by atoms with Crippen LogP contribution in [0.4, 0.5) is 18.9 Å². The van der Waals surface area contributed by atoms with Crippen molar-refractivity contribution < 1.29 is 17.9 Å². The fourth-order valence-electron chi connectivity index (χ4n) is 5.62. The molecule has 190 valence electrons. The van der Waals surface area contributed by atoms with Crippen LogP contribution in [0.5, 0.6) is 5.75 Å². The molecule has 8 heteroatoms. The van der Waals surface area contributed by atoms with E-state index < -0.39 is 6.36 Å². The highest BCUT2D eigenvalue weighted by Gasteiger charge is 2.34. The van der Waals surface area contributed by atoms with Crippen molar-refractivity contribution >= 4 is 11.6 Å². The van der Waals surface area contributed by atoms with Crippen molar-refractivity contribution in [1.82, 2.24) is 10.2 Å². The molecule has 0 radical (unpaired) electrons. The van der Waals surface area contributed by atoms with Crippen LogP contribution in [0, 0.1) is 17.4 Å². The van der Waals surface area contributed by atoms with Crippen LogP contribution in [0.3, 0.4) is 0 Å². The first-order valence-corrected chi connectivity index (χ1v) is 12.4. The number of aryl methyl sites for hydroxylation is 2. The minimum Gasteiger partial charge on any atom is -0.406 e. The molecule has 37 heavy (non-hydrogen) atoms. The zero-order valence-corrected chi connectivity index (χ0v) is 20.2. The number of likely N-dealkylation sites (tertiary alicyclic amines) is 1. The lowest BCUT2D eigenvalue weighted by molar-refractivity contribution is -0.274. The van der Waals surface area contributed by atoms with Crippen molar-refractivity contribution in [1.29, 1.82) is 5.26 Å². The lowest BCUT2D eigenvalue weighted by Gasteiger charge is -2.39. The van der Waals surface area contributed by atoms with Gasteiger partial charge in [0.05, 0.1) is 5.69 Å². The number of guanidine groups is 1. The van der Waals surface area contributed by atoms with Crippen molar-refractivity contribution in [3.63, 3.8) is 0 Å². The van der Waals surface area contributed by atoms with E-state index in [1.54, 1.807) is 0 Å². The van der Waals surface area contributed by atoms with E-state index >= 15 is 0 Å². The summed E-state index contributed by atoms with van der Waals surface area (Å²) in [6.45, 7) is 1.44. The van der Waals surface area contributed by atoms with Crippen molar-refractivity contribution in [3.05, 3.63) is 95.1 Å². The number of alkyl halides is 3. The SMILES string of the molecule is N#CNC(=Nc1ccc(OC(F)(F)F)cc1)N1CCCC(C2c3ccccc3CCc3ccccc32)C1. The van der Waals surface area contributed by atoms with E-state index in [1.165, 1.54) is 46.5 Å². The van der Waals surface area contributed by atoms with Crippen LogP contribution in [0.15, 0.2) is 77.8 Å². The summed E-state index contributed by atoms with van der Waals surface area (Å²) in [5.41, 5.74) is 5.93. The highest BCUT2D eigenvalue weighted by atomic mass is 19.4. The van der Waals surface area contributed by atoms with Crippen molar-refractivity contribution in [2.75, 3.05) is 13.1 Å². The monoisotopic (exact) mass is 504 g/mol. The largest absolute Gasteiger partial charge is 0.573 e. The van der Waals surface area contributed by atoms with Gasteiger partial charge in [-0.15, -0.1) is 13.2 Å². The Labute approximate surface area is 214 Å². The number of rotatable bonds is 3. The van der Waals surface area contributed by atoms with Crippen LogP contribution >= 0.6 is 0 Å². The van der Waals surface area contributed by atoms with E-state index in [-0.39, 0.29) is 11.7 Å². The third kappa shape index (κ3) is 5.72. The van der Waals surface area contributed by atoms with Crippen LogP contribution in [0.1, 0.15) is 41.0 Å². The van der Waals surface area contributed by atoms with Gasteiger partial charge in [0.15, 0.2) is 6.19 Å². The average Bonchev–Trinajstić information content (AvgIpc) is 3.06. The summed E-state index contributed by atoms with van der Waals surface area (Å²) in [5.74, 6) is 0.624. The van der Waals surface area contributed by atoms with Gasteiger partial charge in [0.25, 0.3) is 0 Å². The molecule has 1 aliphatic heterocycles. The van der Waals surface area contributed by atoms with Crippen molar-refractivity contribution in [2.45, 2.75) is 38.0 Å². The molecule has 0 bridgehead atoms. The molecular weight excluding hydrogens is 477 g/mol. The second kappa shape index (κ2) is 10.6. The Kier molecular flexibility index (Phi) is 7.04. The van der Waals surface area contributed by atoms with Gasteiger partial charge in [0.2, 0.25) is 5.96 Å². The minimum atomic E-state index is -4.75. The molecule has 1 atom stereocenters. The number of halogens is 3. The molecule has 1 fully saturated rings. The molecule has 0 aromatic heterocycles. The van der Waals surface area contributed by atoms with Gasteiger partial charge in [-0.25, -0.2) is 4.99 Å². The van der Waals surface area contributed by atoms with E-state index in [2.05, 4.69) is 68.5 Å². The van der Waals surface area contributed by atoms with Crippen LogP contribution < -0.4 is 10.1 Å². The summed E-state index contributed by atoms with van der Waals surface area (Å²) >= 11 is 0. The maximum Gasteiger partial charge on any atom is 0.573 e. The quantitative estimate of drug-likeness (QED) is 0.197. The minimum absolute atomic E-state index is 0.236. The summed E-state index contributed by atoms with van der Waals surface area (Å²) in [6.07, 6.45) is 1.22. The van der Waals surface area contributed by atoms with E-state index in [0.717, 1.165) is 32.2 Å². The highest BCUT2D eigenvalue weighted by Crippen LogP contribution is 2.42. The molecular formula is C29H27F3N4O. The highest BCUT2D eigenvalue weighted by molar-refractivity contribution is 5.84. The summed E-state index contributed by atoms with van der Waals surface area (Å²) in [7, 11) is 0. The number of nitrogens with one attached hydrogen (secondary N) is 1. The summed E-state index contributed by atoms with van der Waals surface area (Å²) in [4.78, 5) is 6.65. The topological polar surface area (TPSA) is 60.6 Å². The van der Waals surface area contributed by atoms with E-state index in [1.807, 2.05) is 6.19 Å². The first kappa shape index (κ1) is 24.7. The number of nitriles is 1. The number of hydrogen-bond acceptors (Lipinski definition) is 3. The van der Waals surface area contributed by atoms with Crippen LogP contribution in [0.2, 0.25) is 0 Å². The third-order valence-electron chi connectivity index (χ3n) is 7.15. The number of ether oxygens (including phenoxy) is 1. The fraction of sp³-hybridized carbons (Fsp3) is 0.310. The Bertz CT molecular complexity index is 1270. The molecule has 5 nitrogen and oxygen atoms in total. The fourth-order valence-corrected chi connectivity index (χ4v) is 5.62. The number of nitrogens with zero attached hydrogens (tertiary/aromatic N) is 3. The van der Waals surface area contributed by atoms with Gasteiger partial charge in [-0.05, 0) is 78.1 Å². The summed E-state index contributed by atoms with van der Waals surface area (Å²) in [6, 6.07) is 22.7. The lowest BCUT2D eigenvalue weighted by Crippen LogP contribution is -2.46. The molecule has 3 aromatic carbocycles. The normalized spacial score (nSPS) is 18.3. The Hall–Kier alpha value is -3.99. The van der Waals surface area contributed by atoms with Crippen molar-refractivity contribution in [3.8, 4) is 11.9 Å². The molecule has 1 aliphatic carbocycles. The second-order valence-corrected chi connectivity index (χ2v) is 9.44. The van der Waals surface area contributed by atoms with Gasteiger partial charge in [-0.3, -0.25) is 5.32 Å². The maximum absolute atomic E-state index is 12.5. The van der Waals surface area contributed by atoms with E-state index in [4.69, 9.17) is 0 Å². The average molecular weight is 505 g/mol. The number of fused-ring (bicyclic) bond motifs is 2. The molecule has 1 saturated heterocycles. The Morgan fingerprint density at radius 3 is 2.16 bits per heavy atom. The molecule has 1 heterocycles. The van der Waals surface area contributed by atoms with E-state index in [0.29, 0.717) is 24.1 Å². The summed E-state index contributed by atoms with van der Waals surface area (Å²) in [5, 5.41) is 12.1. The van der Waals surface area contributed by atoms with E-state index in [9.17, 15) is 18.4 Å². The van der Waals surface area contributed by atoms with Crippen LogP contribution in [0.25, 0.3) is 0 Å². The molecule has 3 aromatic rings. The number of piperidine rings is 1. The zero-order chi connectivity index (χ0) is 25.8. The Morgan fingerprint density at radius 2 is 1.57 bits per heavy atom. The predicted octanol–water partition coefficient (Wildman–Crippen LogP) is 6.29. The molecule has 1 N–H and O–H groups in total. The number of benzene rings is 3. The van der Waals surface area contributed by atoms with Gasteiger partial charge >= 0.3 is 6.36 Å². The molecule has 5 rings (SSSR count). The smallest absolute Gasteiger partial charge is 0.406 e. The standard InChI is InChI=1S/C29H27F3N4O/c30-29(31,32)37-24-15-13-23(14-16-24)35-28(34-19-33)36-17-5-8-22(18-36)27-25-9-3-1-6-20(25)11-12-21-7-2-4-10-26(21)27/h1-4,6-7,9-10,13-16,22,27H,5,8,11-12,17-18H2,(H,34,35). The predicted molar refractivity (Wildman–Crippen MR) is 135 cm³/mol. The summed E-state index contributed by atoms with van der Waals surface area (Å²) < 4.78 is 41.4. The maximum atomic E-state index is 12.5. The van der Waals surface area contributed by atoms with Gasteiger partial charge in [0.1, 0.15) is 5.75 Å². The van der Waals surface area contributed by atoms with Crippen molar-refractivity contribution in [2.24, 2.45) is 10.9 Å². The van der Waals surface area contributed by atoms with Gasteiger partial charge in [-0.2, -0.15) is 5.26 Å². The molecule has 0 spiro atoms. The lowest BCUT2D eigenvalue weighted by atomic mass is 9.75. The molecule has 0 saturated carbocycles. The molecule has 0 amide bonds.